The zero-order valence-corrected chi connectivity index (χ0v) is 11.4. The van der Waals surface area contributed by atoms with Crippen LogP contribution in [0.1, 0.15) is 6.92 Å². The van der Waals surface area contributed by atoms with Crippen LogP contribution in [0.3, 0.4) is 0 Å². The lowest BCUT2D eigenvalue weighted by Gasteiger charge is -2.04. The monoisotopic (exact) mass is 342 g/mol. The average Bonchev–Trinajstić information content (AvgIpc) is 2.32. The van der Waals surface area contributed by atoms with E-state index in [9.17, 15) is 4.79 Å². The smallest absolute Gasteiger partial charge is 0.350 e. The molecule has 0 atom stereocenters. The number of esters is 1. The first-order valence-electron chi connectivity index (χ1n) is 4.97. The average molecular weight is 342 g/mol. The van der Waals surface area contributed by atoms with Crippen molar-refractivity contribution < 1.29 is 9.53 Å². The fourth-order valence-electron chi connectivity index (χ4n) is 1.07. The molecule has 0 aromatic heterocycles. The number of halogens is 1. The third kappa shape index (κ3) is 4.07. The zero-order valence-electron chi connectivity index (χ0n) is 9.24. The molecule has 1 aromatic carbocycles. The molecule has 88 valence electrons. The van der Waals surface area contributed by atoms with Gasteiger partial charge in [0.05, 0.1) is 12.3 Å². The highest BCUT2D eigenvalue weighted by Gasteiger charge is 2.09. The lowest BCUT2D eigenvalue weighted by molar-refractivity contribution is -0.138. The molecule has 5 heteroatoms. The van der Waals surface area contributed by atoms with Crippen LogP contribution in [-0.2, 0) is 9.53 Å². The Hall–Kier alpha value is -1.55. The second-order valence-corrected chi connectivity index (χ2v) is 4.18. The number of nitrogens with one attached hydrogen (secondary N) is 1. The summed E-state index contributed by atoms with van der Waals surface area (Å²) in [4.78, 5) is 11.3. The van der Waals surface area contributed by atoms with E-state index in [-0.39, 0.29) is 12.2 Å². The van der Waals surface area contributed by atoms with E-state index in [2.05, 4.69) is 27.9 Å². The number of rotatable bonds is 4. The molecule has 0 unspecified atom stereocenters. The molecule has 1 rings (SSSR count). The number of para-hydroxylation sites is 1. The highest BCUT2D eigenvalue weighted by atomic mass is 127. The summed E-state index contributed by atoms with van der Waals surface area (Å²) in [5.74, 6) is -0.617. The van der Waals surface area contributed by atoms with Gasteiger partial charge in [0.2, 0.25) is 0 Å². The van der Waals surface area contributed by atoms with E-state index in [1.54, 1.807) is 13.0 Å². The summed E-state index contributed by atoms with van der Waals surface area (Å²) in [6.07, 6.45) is 1.36. The number of benzene rings is 1. The van der Waals surface area contributed by atoms with Crippen LogP contribution in [-0.4, -0.2) is 12.6 Å². The molecule has 1 aromatic rings. The van der Waals surface area contributed by atoms with Crippen LogP contribution in [0.2, 0.25) is 0 Å². The summed E-state index contributed by atoms with van der Waals surface area (Å²) in [7, 11) is 0. The molecule has 0 saturated heterocycles. The Morgan fingerprint density at radius 3 is 2.88 bits per heavy atom. The van der Waals surface area contributed by atoms with Gasteiger partial charge in [0.1, 0.15) is 6.07 Å². The number of carbonyl (C=O) groups excluding carboxylic acids is 1. The maximum absolute atomic E-state index is 11.3. The van der Waals surface area contributed by atoms with Crippen LogP contribution in [0.5, 0.6) is 0 Å². The van der Waals surface area contributed by atoms with Gasteiger partial charge in [-0.2, -0.15) is 5.26 Å². The SMILES string of the molecule is CCOC(=O)/C(C#N)=C/Nc1ccccc1I. The minimum atomic E-state index is -0.617. The van der Waals surface area contributed by atoms with Gasteiger partial charge in [0.25, 0.3) is 0 Å². The first-order valence-corrected chi connectivity index (χ1v) is 6.05. The zero-order chi connectivity index (χ0) is 12.7. The molecule has 4 nitrogen and oxygen atoms in total. The Morgan fingerprint density at radius 2 is 2.29 bits per heavy atom. The van der Waals surface area contributed by atoms with E-state index in [1.165, 1.54) is 6.20 Å². The van der Waals surface area contributed by atoms with Crippen molar-refractivity contribution in [3.8, 4) is 6.07 Å². The van der Waals surface area contributed by atoms with Gasteiger partial charge in [0.15, 0.2) is 5.57 Å². The number of anilines is 1. The first kappa shape index (κ1) is 13.5. The molecular formula is C12H11IN2O2. The predicted molar refractivity (Wildman–Crippen MR) is 73.1 cm³/mol. The van der Waals surface area contributed by atoms with Crippen molar-refractivity contribution in [2.24, 2.45) is 0 Å². The first-order chi connectivity index (χ1) is 8.19. The maximum atomic E-state index is 11.3. The second kappa shape index (κ2) is 6.91. The van der Waals surface area contributed by atoms with Crippen LogP contribution < -0.4 is 5.32 Å². The molecule has 0 aliphatic carbocycles. The second-order valence-electron chi connectivity index (χ2n) is 3.01. The summed E-state index contributed by atoms with van der Waals surface area (Å²) in [6, 6.07) is 9.36. The number of hydrogen-bond acceptors (Lipinski definition) is 4. The van der Waals surface area contributed by atoms with Crippen LogP contribution in [0, 0.1) is 14.9 Å². The van der Waals surface area contributed by atoms with Gasteiger partial charge >= 0.3 is 5.97 Å². The Bertz CT molecular complexity index is 478. The third-order valence-corrected chi connectivity index (χ3v) is 2.80. The predicted octanol–water partition coefficient (Wildman–Crippen LogP) is 2.67. The van der Waals surface area contributed by atoms with E-state index in [1.807, 2.05) is 24.3 Å². The molecule has 0 bridgehead atoms. The van der Waals surface area contributed by atoms with Crippen molar-refractivity contribution in [1.29, 1.82) is 5.26 Å². The van der Waals surface area contributed by atoms with E-state index >= 15 is 0 Å². The summed E-state index contributed by atoms with van der Waals surface area (Å²) < 4.78 is 5.74. The van der Waals surface area contributed by atoms with E-state index < -0.39 is 5.97 Å². The topological polar surface area (TPSA) is 62.1 Å². The van der Waals surface area contributed by atoms with E-state index in [4.69, 9.17) is 10.00 Å². The number of nitrogens with zero attached hydrogens (tertiary/aromatic N) is 1. The Kier molecular flexibility index (Phi) is 5.49. The van der Waals surface area contributed by atoms with E-state index in [0.29, 0.717) is 0 Å². The van der Waals surface area contributed by atoms with Gasteiger partial charge in [-0.3, -0.25) is 0 Å². The molecule has 1 N–H and O–H groups in total. The fraction of sp³-hybridized carbons (Fsp3) is 0.167. The number of nitriles is 1. The van der Waals surface area contributed by atoms with E-state index in [0.717, 1.165) is 9.26 Å². The number of ether oxygens (including phenoxy) is 1. The Balaban J connectivity index is 2.79. The largest absolute Gasteiger partial charge is 0.462 e. The quantitative estimate of drug-likeness (QED) is 0.396. The minimum Gasteiger partial charge on any atom is -0.462 e. The molecule has 0 saturated carbocycles. The van der Waals surface area contributed by atoms with Crippen LogP contribution in [0.4, 0.5) is 5.69 Å². The van der Waals surface area contributed by atoms with Crippen molar-refractivity contribution >= 4 is 34.2 Å². The van der Waals surface area contributed by atoms with Gasteiger partial charge in [-0.1, -0.05) is 12.1 Å². The molecule has 0 radical (unpaired) electrons. The van der Waals surface area contributed by atoms with Gasteiger partial charge < -0.3 is 10.1 Å². The highest BCUT2D eigenvalue weighted by Crippen LogP contribution is 2.17. The summed E-state index contributed by atoms with van der Waals surface area (Å²) >= 11 is 2.16. The maximum Gasteiger partial charge on any atom is 0.350 e. The molecule has 0 fully saturated rings. The highest BCUT2D eigenvalue weighted by molar-refractivity contribution is 14.1. The van der Waals surface area contributed by atoms with Gasteiger partial charge in [-0.25, -0.2) is 4.79 Å². The third-order valence-electron chi connectivity index (χ3n) is 1.86. The normalized spacial score (nSPS) is 10.5. The van der Waals surface area contributed by atoms with Crippen molar-refractivity contribution in [3.63, 3.8) is 0 Å². The van der Waals surface area contributed by atoms with Gasteiger partial charge in [0, 0.05) is 9.77 Å². The standard InChI is InChI=1S/C12H11IN2O2/c1-2-17-12(16)9(7-14)8-15-11-6-4-3-5-10(11)13/h3-6,8,15H,2H2,1H3/b9-8+. The summed E-state index contributed by atoms with van der Waals surface area (Å²) in [5, 5.41) is 11.7. The molecule has 0 aliphatic heterocycles. The minimum absolute atomic E-state index is 0.0495. The Morgan fingerprint density at radius 1 is 1.59 bits per heavy atom. The number of carbonyl (C=O) groups is 1. The van der Waals surface area contributed by atoms with Crippen LogP contribution >= 0.6 is 22.6 Å². The van der Waals surface area contributed by atoms with Crippen molar-refractivity contribution in [2.75, 3.05) is 11.9 Å². The molecular weight excluding hydrogens is 331 g/mol. The van der Waals surface area contributed by atoms with Gasteiger partial charge in [-0.05, 0) is 41.6 Å². The lowest BCUT2D eigenvalue weighted by atomic mass is 10.3. The molecule has 0 spiro atoms. The van der Waals surface area contributed by atoms with Crippen molar-refractivity contribution in [2.45, 2.75) is 6.92 Å². The summed E-state index contributed by atoms with van der Waals surface area (Å²) in [6.45, 7) is 1.95. The van der Waals surface area contributed by atoms with Crippen molar-refractivity contribution in [3.05, 3.63) is 39.6 Å². The molecule has 17 heavy (non-hydrogen) atoms. The molecule has 0 aliphatic rings. The molecule has 0 heterocycles. The molecule has 0 amide bonds. The lowest BCUT2D eigenvalue weighted by Crippen LogP contribution is -2.08. The van der Waals surface area contributed by atoms with Gasteiger partial charge in [-0.15, -0.1) is 0 Å². The summed E-state index contributed by atoms with van der Waals surface area (Å²) in [5.41, 5.74) is 0.789. The fourth-order valence-corrected chi connectivity index (χ4v) is 1.62. The van der Waals surface area contributed by atoms with Crippen LogP contribution in [0.25, 0.3) is 0 Å². The van der Waals surface area contributed by atoms with Crippen LogP contribution in [0.15, 0.2) is 36.0 Å². The van der Waals surface area contributed by atoms with Crippen molar-refractivity contribution in [1.82, 2.24) is 0 Å². The number of hydrogen-bond donors (Lipinski definition) is 1. The Labute approximate surface area is 113 Å².